The smallest absolute Gasteiger partial charge is 0.335 e. The summed E-state index contributed by atoms with van der Waals surface area (Å²) >= 11 is 0. The summed E-state index contributed by atoms with van der Waals surface area (Å²) in [6.07, 6.45) is 0.933. The summed E-state index contributed by atoms with van der Waals surface area (Å²) in [7, 11) is 0. The molecule has 2 rings (SSSR count). The predicted octanol–water partition coefficient (Wildman–Crippen LogP) is 0.983. The lowest BCUT2D eigenvalue weighted by Crippen LogP contribution is -2.41. The van der Waals surface area contributed by atoms with Gasteiger partial charge in [0.15, 0.2) is 0 Å². The number of carboxylic acids is 1. The summed E-state index contributed by atoms with van der Waals surface area (Å²) in [5.41, 5.74) is -0.179. The molecule has 0 aromatic heterocycles. The van der Waals surface area contributed by atoms with Crippen LogP contribution in [0.25, 0.3) is 0 Å². The van der Waals surface area contributed by atoms with Gasteiger partial charge >= 0.3 is 5.97 Å². The summed E-state index contributed by atoms with van der Waals surface area (Å²) in [5.74, 6) is -1.26. The zero-order valence-corrected chi connectivity index (χ0v) is 10.5. The summed E-state index contributed by atoms with van der Waals surface area (Å²) in [4.78, 5) is 32.2. The molecule has 1 aliphatic rings. The number of benzene rings is 1. The number of carbonyl (C=O) groups excluding carboxylic acids is 1. The molecule has 0 saturated carbocycles. The molecule has 1 aromatic rings. The molecule has 106 valence electrons. The minimum absolute atomic E-state index is 0.0428. The van der Waals surface area contributed by atoms with E-state index in [-0.39, 0.29) is 28.9 Å². The second kappa shape index (κ2) is 5.55. The summed E-state index contributed by atoms with van der Waals surface area (Å²) in [6, 6.07) is 3.59. The standard InChI is InChI=1S/C12H13N3O5/c16-11-4-2-8(6-13-11)14-9-3-1-7(12(17)18)5-10(9)15(19)20/h1,3,5,8,14H,2,4,6H2,(H,13,16)(H,17,18). The van der Waals surface area contributed by atoms with Gasteiger partial charge in [-0.1, -0.05) is 0 Å². The zero-order valence-electron chi connectivity index (χ0n) is 10.5. The van der Waals surface area contributed by atoms with Gasteiger partial charge in [0.25, 0.3) is 5.69 Å². The quantitative estimate of drug-likeness (QED) is 0.558. The first-order valence-electron chi connectivity index (χ1n) is 6.02. The number of aromatic carboxylic acids is 1. The highest BCUT2D eigenvalue weighted by atomic mass is 16.6. The molecule has 0 aliphatic carbocycles. The normalized spacial score (nSPS) is 18.2. The van der Waals surface area contributed by atoms with Crippen molar-refractivity contribution in [2.75, 3.05) is 11.9 Å². The van der Waals surface area contributed by atoms with Gasteiger partial charge in [-0.05, 0) is 18.6 Å². The van der Waals surface area contributed by atoms with E-state index in [1.54, 1.807) is 0 Å². The molecule has 1 fully saturated rings. The molecule has 1 heterocycles. The van der Waals surface area contributed by atoms with E-state index in [0.29, 0.717) is 19.4 Å². The summed E-state index contributed by atoms with van der Waals surface area (Å²) < 4.78 is 0. The molecule has 1 amide bonds. The molecule has 0 radical (unpaired) electrons. The zero-order chi connectivity index (χ0) is 14.7. The van der Waals surface area contributed by atoms with Crippen LogP contribution in [0.4, 0.5) is 11.4 Å². The molecule has 1 aliphatic heterocycles. The van der Waals surface area contributed by atoms with Gasteiger partial charge in [-0.2, -0.15) is 0 Å². The molecule has 8 nitrogen and oxygen atoms in total. The molecule has 0 spiro atoms. The number of piperidine rings is 1. The van der Waals surface area contributed by atoms with E-state index in [0.717, 1.165) is 6.07 Å². The van der Waals surface area contributed by atoms with Crippen molar-refractivity contribution in [1.29, 1.82) is 0 Å². The highest BCUT2D eigenvalue weighted by Crippen LogP contribution is 2.27. The van der Waals surface area contributed by atoms with E-state index in [9.17, 15) is 19.7 Å². The van der Waals surface area contributed by atoms with E-state index >= 15 is 0 Å². The highest BCUT2D eigenvalue weighted by Gasteiger charge is 2.22. The van der Waals surface area contributed by atoms with Gasteiger partial charge in [0.2, 0.25) is 5.91 Å². The molecule has 1 atom stereocenters. The third-order valence-corrected chi connectivity index (χ3v) is 3.07. The average molecular weight is 279 g/mol. The number of hydrogen-bond acceptors (Lipinski definition) is 5. The average Bonchev–Trinajstić information content (AvgIpc) is 2.41. The van der Waals surface area contributed by atoms with Gasteiger partial charge in [-0.3, -0.25) is 14.9 Å². The Morgan fingerprint density at radius 1 is 1.50 bits per heavy atom. The lowest BCUT2D eigenvalue weighted by Gasteiger charge is -2.24. The first-order valence-corrected chi connectivity index (χ1v) is 6.02. The molecule has 1 unspecified atom stereocenters. The molecule has 1 saturated heterocycles. The summed E-state index contributed by atoms with van der Waals surface area (Å²) in [5, 5.41) is 25.5. The number of carbonyl (C=O) groups is 2. The molecule has 0 bridgehead atoms. The molecule has 20 heavy (non-hydrogen) atoms. The Balaban J connectivity index is 2.20. The third kappa shape index (κ3) is 3.02. The maximum Gasteiger partial charge on any atom is 0.335 e. The fraction of sp³-hybridized carbons (Fsp3) is 0.333. The second-order valence-electron chi connectivity index (χ2n) is 4.48. The number of hydrogen-bond donors (Lipinski definition) is 3. The second-order valence-corrected chi connectivity index (χ2v) is 4.48. The van der Waals surface area contributed by atoms with Crippen LogP contribution in [-0.2, 0) is 4.79 Å². The summed E-state index contributed by atoms with van der Waals surface area (Å²) in [6.45, 7) is 0.386. The van der Waals surface area contributed by atoms with Gasteiger partial charge in [-0.25, -0.2) is 4.79 Å². The van der Waals surface area contributed by atoms with Gasteiger partial charge in [0, 0.05) is 25.1 Å². The molecule has 3 N–H and O–H groups in total. The van der Waals surface area contributed by atoms with Crippen LogP contribution in [0.2, 0.25) is 0 Å². The highest BCUT2D eigenvalue weighted by molar-refractivity contribution is 5.89. The molecule has 1 aromatic carbocycles. The van der Waals surface area contributed by atoms with Gasteiger partial charge < -0.3 is 15.7 Å². The minimum atomic E-state index is -1.22. The van der Waals surface area contributed by atoms with Crippen LogP contribution in [0.1, 0.15) is 23.2 Å². The SMILES string of the molecule is O=C1CCC(Nc2ccc(C(=O)O)cc2[N+](=O)[O-])CN1. The first-order chi connectivity index (χ1) is 9.47. The van der Waals surface area contributed by atoms with Crippen molar-refractivity contribution >= 4 is 23.3 Å². The molecular formula is C12H13N3O5. The Kier molecular flexibility index (Phi) is 3.83. The fourth-order valence-electron chi connectivity index (χ4n) is 2.01. The molecular weight excluding hydrogens is 266 g/mol. The van der Waals surface area contributed by atoms with Crippen molar-refractivity contribution < 1.29 is 19.6 Å². The number of carboxylic acid groups (broad SMARTS) is 1. The van der Waals surface area contributed by atoms with Crippen LogP contribution in [0.3, 0.4) is 0 Å². The van der Waals surface area contributed by atoms with E-state index in [2.05, 4.69) is 10.6 Å². The largest absolute Gasteiger partial charge is 0.478 e. The van der Waals surface area contributed by atoms with Crippen LogP contribution in [0, 0.1) is 10.1 Å². The number of amides is 1. The van der Waals surface area contributed by atoms with Crippen molar-refractivity contribution in [3.63, 3.8) is 0 Å². The van der Waals surface area contributed by atoms with E-state index in [1.807, 2.05) is 0 Å². The van der Waals surface area contributed by atoms with Crippen molar-refractivity contribution in [3.05, 3.63) is 33.9 Å². The van der Waals surface area contributed by atoms with E-state index < -0.39 is 10.9 Å². The minimum Gasteiger partial charge on any atom is -0.478 e. The Bertz CT molecular complexity index is 562. The van der Waals surface area contributed by atoms with E-state index in [4.69, 9.17) is 5.11 Å². The number of rotatable bonds is 4. The van der Waals surface area contributed by atoms with Crippen LogP contribution >= 0.6 is 0 Å². The van der Waals surface area contributed by atoms with Gasteiger partial charge in [0.1, 0.15) is 5.69 Å². The Labute approximate surface area is 113 Å². The van der Waals surface area contributed by atoms with Crippen molar-refractivity contribution in [3.8, 4) is 0 Å². The van der Waals surface area contributed by atoms with Crippen molar-refractivity contribution in [1.82, 2.24) is 5.32 Å². The maximum atomic E-state index is 11.0. The Hall–Kier alpha value is -2.64. The Morgan fingerprint density at radius 2 is 2.25 bits per heavy atom. The lowest BCUT2D eigenvalue weighted by molar-refractivity contribution is -0.384. The van der Waals surface area contributed by atoms with Gasteiger partial charge in [0.05, 0.1) is 10.5 Å². The number of nitro groups is 1. The molecule has 8 heteroatoms. The van der Waals surface area contributed by atoms with E-state index in [1.165, 1.54) is 12.1 Å². The number of nitrogens with zero attached hydrogens (tertiary/aromatic N) is 1. The van der Waals surface area contributed by atoms with Crippen LogP contribution in [0.5, 0.6) is 0 Å². The fourth-order valence-corrected chi connectivity index (χ4v) is 2.01. The number of anilines is 1. The van der Waals surface area contributed by atoms with Gasteiger partial charge in [-0.15, -0.1) is 0 Å². The number of nitrogens with one attached hydrogen (secondary N) is 2. The monoisotopic (exact) mass is 279 g/mol. The predicted molar refractivity (Wildman–Crippen MR) is 69.7 cm³/mol. The number of nitro benzene ring substituents is 1. The Morgan fingerprint density at radius 3 is 2.80 bits per heavy atom. The van der Waals surface area contributed by atoms with Crippen molar-refractivity contribution in [2.45, 2.75) is 18.9 Å². The first kappa shape index (κ1) is 13.8. The lowest BCUT2D eigenvalue weighted by atomic mass is 10.1. The van der Waals surface area contributed by atoms with Crippen LogP contribution in [-0.4, -0.2) is 34.5 Å². The third-order valence-electron chi connectivity index (χ3n) is 3.07. The topological polar surface area (TPSA) is 122 Å². The van der Waals surface area contributed by atoms with Crippen molar-refractivity contribution in [2.24, 2.45) is 0 Å². The van der Waals surface area contributed by atoms with Crippen LogP contribution < -0.4 is 10.6 Å². The van der Waals surface area contributed by atoms with Crippen LogP contribution in [0.15, 0.2) is 18.2 Å². The maximum absolute atomic E-state index is 11.0.